The van der Waals surface area contributed by atoms with E-state index in [0.717, 1.165) is 0 Å². The molecule has 0 aliphatic heterocycles. The Labute approximate surface area is 70.5 Å². The first-order valence-electron chi connectivity index (χ1n) is 2.99. The minimum absolute atomic E-state index is 0.237. The third-order valence-corrected chi connectivity index (χ3v) is 1.90. The standard InChI is InChI=1S/C7H6O4S/c1-11-6-3-2-4-7(5-6)12(8,9)10/h2-3H,1H3,(H,8,9,10). The summed E-state index contributed by atoms with van der Waals surface area (Å²) in [4.78, 5) is -0.415. The van der Waals surface area contributed by atoms with Gasteiger partial charge < -0.3 is 4.74 Å². The highest BCUT2D eigenvalue weighted by Gasteiger charge is 2.10. The molecule has 0 atom stereocenters. The lowest BCUT2D eigenvalue weighted by molar-refractivity contribution is 0.411. The molecule has 0 aromatic heterocycles. The Hall–Kier alpha value is -1.07. The van der Waals surface area contributed by atoms with Gasteiger partial charge in [0.1, 0.15) is 10.6 Å². The van der Waals surface area contributed by atoms with Gasteiger partial charge in [0.05, 0.1) is 13.2 Å². The molecule has 0 unspecified atom stereocenters. The van der Waals surface area contributed by atoms with E-state index < -0.39 is 15.0 Å². The molecular weight excluding hydrogens is 180 g/mol. The first kappa shape index (κ1) is 9.02. The van der Waals surface area contributed by atoms with Gasteiger partial charge in [0.2, 0.25) is 0 Å². The molecule has 0 fully saturated rings. The molecule has 4 nitrogen and oxygen atoms in total. The monoisotopic (exact) mass is 186 g/mol. The summed E-state index contributed by atoms with van der Waals surface area (Å²) in [5, 5.41) is 0. The fourth-order valence-corrected chi connectivity index (χ4v) is 1.09. The van der Waals surface area contributed by atoms with E-state index >= 15 is 0 Å². The van der Waals surface area contributed by atoms with Crippen LogP contribution in [0.5, 0.6) is 5.75 Å². The second kappa shape index (κ2) is 3.12. The van der Waals surface area contributed by atoms with Gasteiger partial charge in [-0.3, -0.25) is 4.55 Å². The molecule has 1 N–H and O–H groups in total. The van der Waals surface area contributed by atoms with E-state index in [2.05, 4.69) is 12.1 Å². The second-order valence-electron chi connectivity index (χ2n) is 1.98. The fraction of sp³-hybridized carbons (Fsp3) is 0.143. The van der Waals surface area contributed by atoms with Crippen molar-refractivity contribution >= 4 is 10.1 Å². The smallest absolute Gasteiger partial charge is 0.295 e. The van der Waals surface area contributed by atoms with Crippen molar-refractivity contribution in [3.63, 3.8) is 0 Å². The molecule has 0 aliphatic rings. The summed E-state index contributed by atoms with van der Waals surface area (Å²) < 4.78 is 34.3. The average molecular weight is 186 g/mol. The van der Waals surface area contributed by atoms with E-state index in [-0.39, 0.29) is 5.75 Å². The minimum atomic E-state index is -4.23. The summed E-state index contributed by atoms with van der Waals surface area (Å²) in [5.74, 6) is 0.237. The van der Waals surface area contributed by atoms with Gasteiger partial charge in [-0.15, -0.1) is 0 Å². The van der Waals surface area contributed by atoms with Crippen molar-refractivity contribution in [2.24, 2.45) is 0 Å². The van der Waals surface area contributed by atoms with Crippen molar-refractivity contribution in [1.82, 2.24) is 0 Å². The summed E-state index contributed by atoms with van der Waals surface area (Å²) in [6.45, 7) is 0. The van der Waals surface area contributed by atoms with Gasteiger partial charge in [0.25, 0.3) is 10.1 Å². The molecule has 1 rings (SSSR count). The number of methoxy groups -OCH3 is 1. The molecule has 0 saturated carbocycles. The van der Waals surface area contributed by atoms with Crippen LogP contribution >= 0.6 is 0 Å². The minimum Gasteiger partial charge on any atom is -0.496 e. The lowest BCUT2D eigenvalue weighted by Gasteiger charge is -1.99. The number of rotatable bonds is 2. The van der Waals surface area contributed by atoms with Crippen molar-refractivity contribution in [2.45, 2.75) is 4.90 Å². The van der Waals surface area contributed by atoms with Gasteiger partial charge in [-0.05, 0) is 12.1 Å². The van der Waals surface area contributed by atoms with Gasteiger partial charge in [-0.2, -0.15) is 8.42 Å². The molecule has 1 aromatic carbocycles. The first-order chi connectivity index (χ1) is 5.54. The molecule has 0 spiro atoms. The molecule has 64 valence electrons. The van der Waals surface area contributed by atoms with Gasteiger partial charge in [-0.1, -0.05) is 0 Å². The van der Waals surface area contributed by atoms with Gasteiger partial charge in [0.15, 0.2) is 0 Å². The third kappa shape index (κ3) is 1.96. The zero-order valence-corrected chi connectivity index (χ0v) is 7.05. The van der Waals surface area contributed by atoms with E-state index in [0.29, 0.717) is 0 Å². The summed E-state index contributed by atoms with van der Waals surface area (Å²) in [7, 11) is -2.85. The van der Waals surface area contributed by atoms with Crippen LogP contribution in [0.25, 0.3) is 0 Å². The summed E-state index contributed by atoms with van der Waals surface area (Å²) in [6.07, 6.45) is 0. The molecule has 0 amide bonds. The topological polar surface area (TPSA) is 63.6 Å². The van der Waals surface area contributed by atoms with Crippen LogP contribution in [-0.4, -0.2) is 20.1 Å². The molecular formula is C7H6O4S. The highest BCUT2D eigenvalue weighted by atomic mass is 32.2. The second-order valence-corrected chi connectivity index (χ2v) is 3.33. The van der Waals surface area contributed by atoms with Crippen LogP contribution in [0, 0.1) is 12.1 Å². The largest absolute Gasteiger partial charge is 0.496 e. The maximum atomic E-state index is 10.5. The zero-order chi connectivity index (χ0) is 9.19. The Morgan fingerprint density at radius 2 is 2.25 bits per heavy atom. The van der Waals surface area contributed by atoms with Crippen LogP contribution in [0.3, 0.4) is 0 Å². The Kier molecular flexibility index (Phi) is 2.35. The van der Waals surface area contributed by atoms with Crippen LogP contribution < -0.4 is 4.74 Å². The molecule has 0 heterocycles. The van der Waals surface area contributed by atoms with Crippen molar-refractivity contribution < 1.29 is 17.7 Å². The molecule has 2 radical (unpaired) electrons. The Morgan fingerprint density at radius 3 is 2.75 bits per heavy atom. The summed E-state index contributed by atoms with van der Waals surface area (Å²) in [6, 6.07) is 7.44. The van der Waals surface area contributed by atoms with Crippen LogP contribution in [0.4, 0.5) is 0 Å². The maximum Gasteiger partial charge on any atom is 0.295 e. The Balaban J connectivity index is 3.20. The number of benzene rings is 1. The third-order valence-electron chi connectivity index (χ3n) is 1.16. The summed E-state index contributed by atoms with van der Waals surface area (Å²) in [5.41, 5.74) is 0. The number of hydrogen-bond acceptors (Lipinski definition) is 3. The normalized spacial score (nSPS) is 11.2. The molecule has 0 bridgehead atoms. The van der Waals surface area contributed by atoms with Crippen LogP contribution in [0.2, 0.25) is 0 Å². The maximum absolute atomic E-state index is 10.5. The predicted molar refractivity (Wildman–Crippen MR) is 40.5 cm³/mol. The van der Waals surface area contributed by atoms with Crippen molar-refractivity contribution in [2.75, 3.05) is 7.11 Å². The van der Waals surface area contributed by atoms with Crippen molar-refractivity contribution in [3.8, 4) is 5.75 Å². The van der Waals surface area contributed by atoms with E-state index in [1.165, 1.54) is 19.2 Å². The number of hydrogen-bond donors (Lipinski definition) is 1. The van der Waals surface area contributed by atoms with Gasteiger partial charge in [0, 0.05) is 6.07 Å². The highest BCUT2D eigenvalue weighted by molar-refractivity contribution is 7.85. The average Bonchev–Trinajstić information content (AvgIpc) is 2.03. The SMILES string of the molecule is COc1[c]c(S(=O)(=O)O)[c]cc1. The van der Waals surface area contributed by atoms with E-state index in [1.807, 2.05) is 0 Å². The van der Waals surface area contributed by atoms with Crippen LogP contribution in [0.15, 0.2) is 17.0 Å². The lowest BCUT2D eigenvalue weighted by atomic mass is 10.3. The number of ether oxygens (including phenoxy) is 1. The van der Waals surface area contributed by atoms with Gasteiger partial charge in [-0.25, -0.2) is 0 Å². The van der Waals surface area contributed by atoms with Crippen molar-refractivity contribution in [1.29, 1.82) is 0 Å². The lowest BCUT2D eigenvalue weighted by Crippen LogP contribution is -1.98. The molecule has 12 heavy (non-hydrogen) atoms. The van der Waals surface area contributed by atoms with Crippen molar-refractivity contribution in [3.05, 3.63) is 24.3 Å². The molecule has 1 aromatic rings. The quantitative estimate of drug-likeness (QED) is 0.685. The first-order valence-corrected chi connectivity index (χ1v) is 4.43. The van der Waals surface area contributed by atoms with E-state index in [1.54, 1.807) is 0 Å². The van der Waals surface area contributed by atoms with Crippen LogP contribution in [-0.2, 0) is 10.1 Å². The highest BCUT2D eigenvalue weighted by Crippen LogP contribution is 2.14. The van der Waals surface area contributed by atoms with Crippen LogP contribution in [0.1, 0.15) is 0 Å². The van der Waals surface area contributed by atoms with E-state index in [9.17, 15) is 8.42 Å². The van der Waals surface area contributed by atoms with E-state index in [4.69, 9.17) is 9.29 Å². The van der Waals surface area contributed by atoms with Gasteiger partial charge >= 0.3 is 0 Å². The zero-order valence-electron chi connectivity index (χ0n) is 6.23. The fourth-order valence-electron chi connectivity index (χ4n) is 0.641. The molecule has 0 saturated heterocycles. The summed E-state index contributed by atoms with van der Waals surface area (Å²) >= 11 is 0. The molecule has 5 heteroatoms. The Morgan fingerprint density at radius 1 is 1.58 bits per heavy atom. The Bertz CT molecular complexity index is 369. The predicted octanol–water partition coefficient (Wildman–Crippen LogP) is 0.542. The molecule has 0 aliphatic carbocycles.